The van der Waals surface area contributed by atoms with Gasteiger partial charge in [0.25, 0.3) is 0 Å². The minimum Gasteiger partial charge on any atom is -0.497 e. The predicted octanol–water partition coefficient (Wildman–Crippen LogP) is 0.922. The van der Waals surface area contributed by atoms with E-state index < -0.39 is 0 Å². The second kappa shape index (κ2) is 4.24. The van der Waals surface area contributed by atoms with Crippen molar-refractivity contribution in [3.05, 3.63) is 36.3 Å². The van der Waals surface area contributed by atoms with Gasteiger partial charge in [-0.25, -0.2) is 4.98 Å². The number of anilines is 1. The Morgan fingerprint density at radius 3 is 2.75 bits per heavy atom. The Morgan fingerprint density at radius 2 is 2.19 bits per heavy atom. The fourth-order valence-corrected chi connectivity index (χ4v) is 1.51. The summed E-state index contributed by atoms with van der Waals surface area (Å²) in [6.07, 6.45) is 3.40. The summed E-state index contributed by atoms with van der Waals surface area (Å²) < 4.78 is 7.04. The Balaban J connectivity index is 2.47. The zero-order valence-corrected chi connectivity index (χ0v) is 9.05. The Hall–Kier alpha value is -2.01. The maximum atomic E-state index is 5.62. The molecule has 0 unspecified atom stereocenters. The number of nitrogen functional groups attached to an aromatic ring is 1. The lowest BCUT2D eigenvalue weighted by atomic mass is 10.2. The average molecular weight is 218 g/mol. The van der Waals surface area contributed by atoms with Crippen LogP contribution in [0.25, 0.3) is 5.69 Å². The summed E-state index contributed by atoms with van der Waals surface area (Å²) in [7, 11) is 1.63. The van der Waals surface area contributed by atoms with Crippen LogP contribution in [0.1, 0.15) is 5.56 Å². The van der Waals surface area contributed by atoms with Crippen LogP contribution in [-0.2, 0) is 6.54 Å². The Labute approximate surface area is 93.7 Å². The van der Waals surface area contributed by atoms with Crippen LogP contribution in [0.2, 0.25) is 0 Å². The molecule has 0 radical (unpaired) electrons. The van der Waals surface area contributed by atoms with Crippen molar-refractivity contribution in [2.45, 2.75) is 6.54 Å². The molecule has 0 amide bonds. The first kappa shape index (κ1) is 10.5. The van der Waals surface area contributed by atoms with E-state index in [2.05, 4.69) is 4.98 Å². The maximum Gasteiger partial charge on any atom is 0.141 e. The number of hydrogen-bond acceptors (Lipinski definition) is 4. The highest BCUT2D eigenvalue weighted by molar-refractivity contribution is 5.45. The highest BCUT2D eigenvalue weighted by atomic mass is 16.5. The van der Waals surface area contributed by atoms with E-state index in [9.17, 15) is 0 Å². The van der Waals surface area contributed by atoms with E-state index in [-0.39, 0.29) is 0 Å². The monoisotopic (exact) mass is 218 g/mol. The molecular formula is C11H14N4O. The van der Waals surface area contributed by atoms with Crippen LogP contribution < -0.4 is 16.2 Å². The van der Waals surface area contributed by atoms with Crippen LogP contribution in [0.5, 0.6) is 5.75 Å². The smallest absolute Gasteiger partial charge is 0.141 e. The van der Waals surface area contributed by atoms with E-state index in [0.29, 0.717) is 12.4 Å². The van der Waals surface area contributed by atoms with E-state index in [4.69, 9.17) is 16.2 Å². The first-order chi connectivity index (χ1) is 7.72. The van der Waals surface area contributed by atoms with E-state index in [1.807, 2.05) is 22.8 Å². The first-order valence-corrected chi connectivity index (χ1v) is 4.91. The maximum absolute atomic E-state index is 5.62. The third-order valence-corrected chi connectivity index (χ3v) is 2.32. The summed E-state index contributed by atoms with van der Waals surface area (Å²) in [5.41, 5.74) is 13.1. The fraction of sp³-hybridized carbons (Fsp3) is 0.182. The van der Waals surface area contributed by atoms with Crippen LogP contribution >= 0.6 is 0 Å². The van der Waals surface area contributed by atoms with Gasteiger partial charge >= 0.3 is 0 Å². The average Bonchev–Trinajstić information content (AvgIpc) is 2.75. The molecule has 1 heterocycles. The molecule has 2 rings (SSSR count). The molecule has 0 atom stereocenters. The lowest BCUT2D eigenvalue weighted by molar-refractivity contribution is 0.414. The number of aromatic nitrogens is 2. The van der Waals surface area contributed by atoms with E-state index >= 15 is 0 Å². The van der Waals surface area contributed by atoms with Crippen molar-refractivity contribution >= 4 is 5.82 Å². The minimum atomic E-state index is 0.467. The van der Waals surface area contributed by atoms with Gasteiger partial charge in [-0.1, -0.05) is 0 Å². The highest BCUT2D eigenvalue weighted by Crippen LogP contribution is 2.20. The number of nitrogens with zero attached hydrogens (tertiary/aromatic N) is 2. The van der Waals surface area contributed by atoms with Crippen molar-refractivity contribution in [1.82, 2.24) is 9.55 Å². The third kappa shape index (κ3) is 1.99. The number of methoxy groups -OCH3 is 1. The lowest BCUT2D eigenvalue weighted by Gasteiger charge is -2.08. The van der Waals surface area contributed by atoms with Crippen LogP contribution in [0.15, 0.2) is 30.7 Å². The Bertz CT molecular complexity index is 470. The topological polar surface area (TPSA) is 79.1 Å². The van der Waals surface area contributed by atoms with Gasteiger partial charge in [0.05, 0.1) is 19.0 Å². The SMILES string of the molecule is COc1cc(CN)cc(-n2cnc(N)c2)c1. The van der Waals surface area contributed by atoms with E-state index in [0.717, 1.165) is 17.0 Å². The quantitative estimate of drug-likeness (QED) is 0.803. The molecule has 0 aliphatic heterocycles. The van der Waals surface area contributed by atoms with Gasteiger partial charge in [-0.3, -0.25) is 0 Å². The molecule has 0 spiro atoms. The molecule has 0 aliphatic carbocycles. The Kier molecular flexibility index (Phi) is 2.78. The van der Waals surface area contributed by atoms with Crippen LogP contribution in [0.4, 0.5) is 5.82 Å². The molecule has 0 saturated heterocycles. The predicted molar refractivity (Wildman–Crippen MR) is 62.4 cm³/mol. The van der Waals surface area contributed by atoms with Crippen molar-refractivity contribution in [3.8, 4) is 11.4 Å². The van der Waals surface area contributed by atoms with Crippen molar-refractivity contribution < 1.29 is 4.74 Å². The largest absolute Gasteiger partial charge is 0.497 e. The van der Waals surface area contributed by atoms with Crippen molar-refractivity contribution in [2.75, 3.05) is 12.8 Å². The minimum absolute atomic E-state index is 0.467. The molecular weight excluding hydrogens is 204 g/mol. The molecule has 0 fully saturated rings. The number of nitrogens with two attached hydrogens (primary N) is 2. The van der Waals surface area contributed by atoms with Crippen LogP contribution in [0.3, 0.4) is 0 Å². The van der Waals surface area contributed by atoms with Crippen molar-refractivity contribution in [1.29, 1.82) is 0 Å². The summed E-state index contributed by atoms with van der Waals surface area (Å²) in [6, 6.07) is 5.79. The number of imidazole rings is 1. The fourth-order valence-electron chi connectivity index (χ4n) is 1.51. The zero-order valence-electron chi connectivity index (χ0n) is 9.05. The standard InChI is InChI=1S/C11H14N4O/c1-16-10-3-8(5-12)2-9(4-10)15-6-11(13)14-7-15/h2-4,6-7H,5,12-13H2,1H3. The molecule has 0 aliphatic rings. The van der Waals surface area contributed by atoms with Crippen molar-refractivity contribution in [3.63, 3.8) is 0 Å². The molecule has 4 N–H and O–H groups in total. The molecule has 1 aromatic heterocycles. The Morgan fingerprint density at radius 1 is 1.38 bits per heavy atom. The molecule has 2 aromatic rings. The van der Waals surface area contributed by atoms with Gasteiger partial charge < -0.3 is 20.8 Å². The van der Waals surface area contributed by atoms with E-state index in [1.54, 1.807) is 19.6 Å². The number of ether oxygens (including phenoxy) is 1. The van der Waals surface area contributed by atoms with Gasteiger partial charge in [0.15, 0.2) is 0 Å². The molecule has 84 valence electrons. The second-order valence-electron chi connectivity index (χ2n) is 3.45. The molecule has 0 saturated carbocycles. The number of rotatable bonds is 3. The van der Waals surface area contributed by atoms with Crippen molar-refractivity contribution in [2.24, 2.45) is 5.73 Å². The summed E-state index contributed by atoms with van der Waals surface area (Å²) in [5, 5.41) is 0. The van der Waals surface area contributed by atoms with Gasteiger partial charge in [-0.05, 0) is 17.7 Å². The first-order valence-electron chi connectivity index (χ1n) is 4.91. The third-order valence-electron chi connectivity index (χ3n) is 2.32. The molecule has 5 heteroatoms. The van der Waals surface area contributed by atoms with Crippen LogP contribution in [-0.4, -0.2) is 16.7 Å². The zero-order chi connectivity index (χ0) is 11.5. The lowest BCUT2D eigenvalue weighted by Crippen LogP contribution is -2.00. The van der Waals surface area contributed by atoms with Gasteiger partial charge in [0.1, 0.15) is 17.9 Å². The normalized spacial score (nSPS) is 10.4. The summed E-state index contributed by atoms with van der Waals surface area (Å²) >= 11 is 0. The van der Waals surface area contributed by atoms with Gasteiger partial charge in [-0.15, -0.1) is 0 Å². The second-order valence-corrected chi connectivity index (χ2v) is 3.45. The molecule has 5 nitrogen and oxygen atoms in total. The molecule has 0 bridgehead atoms. The number of benzene rings is 1. The summed E-state index contributed by atoms with van der Waals surface area (Å²) in [6.45, 7) is 0.467. The summed E-state index contributed by atoms with van der Waals surface area (Å²) in [5.74, 6) is 1.25. The van der Waals surface area contributed by atoms with Gasteiger partial charge in [0, 0.05) is 12.6 Å². The van der Waals surface area contributed by atoms with Gasteiger partial charge in [0.2, 0.25) is 0 Å². The molecule has 1 aromatic carbocycles. The van der Waals surface area contributed by atoms with Crippen LogP contribution in [0, 0.1) is 0 Å². The summed E-state index contributed by atoms with van der Waals surface area (Å²) in [4.78, 5) is 3.97. The highest BCUT2D eigenvalue weighted by Gasteiger charge is 2.03. The number of hydrogen-bond donors (Lipinski definition) is 2. The van der Waals surface area contributed by atoms with E-state index in [1.165, 1.54) is 0 Å². The van der Waals surface area contributed by atoms with Gasteiger partial charge in [-0.2, -0.15) is 0 Å². The molecule has 16 heavy (non-hydrogen) atoms.